The van der Waals surface area contributed by atoms with Gasteiger partial charge in [0.1, 0.15) is 17.7 Å². The maximum Gasteiger partial charge on any atom is 0.246 e. The van der Waals surface area contributed by atoms with Crippen LogP contribution in [0.2, 0.25) is 0 Å². The number of amides is 2. The fourth-order valence-electron chi connectivity index (χ4n) is 8.17. The van der Waals surface area contributed by atoms with Gasteiger partial charge in [0.2, 0.25) is 11.8 Å². The number of aromatic nitrogens is 2. The second-order valence-electron chi connectivity index (χ2n) is 14.0. The molecule has 7 rings (SSSR count). The Bertz CT molecular complexity index is 1570. The number of hydrogen-bond acceptors (Lipinski definition) is 10. The molecular formula is C36H47FN6O4S2. The number of pyridine rings is 1. The largest absolute Gasteiger partial charge is 0.370 e. The molecule has 1 saturated carbocycles. The van der Waals surface area contributed by atoms with E-state index in [1.807, 2.05) is 35.6 Å². The number of hydrazine groups is 1. The standard InChI is InChI=1S/C36H47FN6O4S2/c1-24(41-42-18-13-36(14-19-42)28-21-31(25-10-15-38-16-11-25)49-30(28)12-20-46-36)33(44)40-32(26-7-3-2-4-8-26)35(45)43-17-6-5-9-29(43)34-39-27(22-47-37)23-48-34/h10-11,15-16,21,23-24,26,29,32,41H,2-9,12-14,17-20,22H2,1H3,(H,40,44)/t24-,29-,32-/m0/s1. The molecule has 4 aliphatic rings. The van der Waals surface area contributed by atoms with E-state index in [4.69, 9.17) is 4.74 Å². The van der Waals surface area contributed by atoms with Crippen LogP contribution in [0.1, 0.15) is 98.3 Å². The summed E-state index contributed by atoms with van der Waals surface area (Å²) in [6, 6.07) is 5.17. The number of fused-ring (bicyclic) bond motifs is 2. The Morgan fingerprint density at radius 3 is 2.65 bits per heavy atom. The van der Waals surface area contributed by atoms with E-state index in [1.54, 1.807) is 5.38 Å². The number of nitrogens with zero attached hydrogens (tertiary/aromatic N) is 4. The van der Waals surface area contributed by atoms with E-state index in [1.165, 1.54) is 32.2 Å². The van der Waals surface area contributed by atoms with Crippen LogP contribution >= 0.6 is 22.7 Å². The molecule has 264 valence electrons. The minimum atomic E-state index is -0.585. The van der Waals surface area contributed by atoms with Crippen molar-refractivity contribution in [2.45, 2.75) is 108 Å². The molecule has 0 unspecified atom stereocenters. The number of halogens is 1. The van der Waals surface area contributed by atoms with Crippen LogP contribution in [0, 0.1) is 5.92 Å². The zero-order valence-corrected chi connectivity index (χ0v) is 29.8. The van der Waals surface area contributed by atoms with Crippen LogP contribution in [0.25, 0.3) is 10.4 Å². The average Bonchev–Trinajstić information content (AvgIpc) is 3.81. The average molecular weight is 711 g/mol. The van der Waals surface area contributed by atoms with E-state index in [2.05, 4.69) is 48.9 Å². The number of nitrogens with one attached hydrogen (secondary N) is 2. The molecule has 0 radical (unpaired) electrons. The molecule has 3 aromatic rings. The molecule has 2 N–H and O–H groups in total. The van der Waals surface area contributed by atoms with Crippen molar-refractivity contribution in [1.82, 2.24) is 30.6 Å². The lowest BCUT2D eigenvalue weighted by molar-refractivity contribution is -0.145. The molecule has 1 spiro atoms. The van der Waals surface area contributed by atoms with Gasteiger partial charge in [-0.1, -0.05) is 19.3 Å². The van der Waals surface area contributed by atoms with Gasteiger partial charge in [-0.15, -0.1) is 22.7 Å². The highest BCUT2D eigenvalue weighted by Gasteiger charge is 2.43. The summed E-state index contributed by atoms with van der Waals surface area (Å²) in [4.78, 5) is 45.4. The molecule has 3 aliphatic heterocycles. The van der Waals surface area contributed by atoms with Crippen LogP contribution in [-0.4, -0.2) is 70.0 Å². The number of carbonyl (C=O) groups excluding carboxylic acids is 2. The van der Waals surface area contributed by atoms with Gasteiger partial charge in [0.05, 0.1) is 30.0 Å². The van der Waals surface area contributed by atoms with Crippen LogP contribution < -0.4 is 10.7 Å². The first-order valence-electron chi connectivity index (χ1n) is 17.9. The second-order valence-corrected chi connectivity index (χ2v) is 16.0. The molecule has 10 nitrogen and oxygen atoms in total. The molecule has 1 aliphatic carbocycles. The zero-order valence-electron chi connectivity index (χ0n) is 28.2. The second kappa shape index (κ2) is 15.6. The predicted molar refractivity (Wildman–Crippen MR) is 187 cm³/mol. The molecule has 3 fully saturated rings. The number of thiophene rings is 1. The SMILES string of the molecule is C[C@H](NN1CCC2(CC1)OCCc1sc(-c3ccncc3)cc12)C(=O)N[C@H](C(=O)N1CCCC[C@H]1c1nc(COF)cs1)C1CCCCC1. The number of likely N-dealkylation sites (tertiary alicyclic amines) is 1. The minimum absolute atomic E-state index is 0.0253. The Morgan fingerprint density at radius 1 is 1.10 bits per heavy atom. The molecule has 3 atom stereocenters. The lowest BCUT2D eigenvalue weighted by Crippen LogP contribution is -2.60. The van der Waals surface area contributed by atoms with Crippen molar-refractivity contribution < 1.29 is 23.8 Å². The van der Waals surface area contributed by atoms with E-state index < -0.39 is 12.1 Å². The van der Waals surface area contributed by atoms with Crippen LogP contribution in [-0.2, 0) is 37.9 Å². The summed E-state index contributed by atoms with van der Waals surface area (Å²) < 4.78 is 19.1. The van der Waals surface area contributed by atoms with Gasteiger partial charge in [0, 0.05) is 53.6 Å². The Morgan fingerprint density at radius 2 is 1.88 bits per heavy atom. The van der Waals surface area contributed by atoms with Gasteiger partial charge in [-0.25, -0.2) is 15.4 Å². The van der Waals surface area contributed by atoms with Crippen LogP contribution in [0.4, 0.5) is 4.53 Å². The molecule has 0 bridgehead atoms. The van der Waals surface area contributed by atoms with Gasteiger partial charge in [0.15, 0.2) is 0 Å². The summed E-state index contributed by atoms with van der Waals surface area (Å²) in [6.45, 7) is 4.53. The summed E-state index contributed by atoms with van der Waals surface area (Å²) in [7, 11) is 0. The smallest absolute Gasteiger partial charge is 0.246 e. The van der Waals surface area contributed by atoms with Crippen molar-refractivity contribution in [2.24, 2.45) is 5.92 Å². The molecule has 3 aromatic heterocycles. The predicted octanol–water partition coefficient (Wildman–Crippen LogP) is 6.24. The van der Waals surface area contributed by atoms with E-state index in [0.717, 1.165) is 95.3 Å². The summed E-state index contributed by atoms with van der Waals surface area (Å²) in [5.74, 6) is -0.0879. The van der Waals surface area contributed by atoms with Gasteiger partial charge < -0.3 is 15.0 Å². The maximum absolute atomic E-state index is 14.4. The van der Waals surface area contributed by atoms with Crippen molar-refractivity contribution >= 4 is 34.5 Å². The van der Waals surface area contributed by atoms with Crippen molar-refractivity contribution in [2.75, 3.05) is 26.2 Å². The quantitative estimate of drug-likeness (QED) is 0.255. The van der Waals surface area contributed by atoms with Crippen LogP contribution in [0.3, 0.4) is 0 Å². The van der Waals surface area contributed by atoms with Gasteiger partial charge in [-0.2, -0.15) is 4.94 Å². The van der Waals surface area contributed by atoms with E-state index in [0.29, 0.717) is 12.2 Å². The fourth-order valence-corrected chi connectivity index (χ4v) is 10.4. The van der Waals surface area contributed by atoms with Gasteiger partial charge >= 0.3 is 0 Å². The topological polar surface area (TPSA) is 109 Å². The molecule has 6 heterocycles. The van der Waals surface area contributed by atoms with Gasteiger partial charge in [-0.3, -0.25) is 14.6 Å². The Kier molecular flexibility index (Phi) is 11.0. The summed E-state index contributed by atoms with van der Waals surface area (Å²) in [5.41, 5.74) is 6.18. The lowest BCUT2D eigenvalue weighted by Gasteiger charge is -2.44. The Hall–Kier alpha value is -2.81. The van der Waals surface area contributed by atoms with Crippen molar-refractivity contribution in [1.29, 1.82) is 0 Å². The van der Waals surface area contributed by atoms with Gasteiger partial charge in [-0.05, 0) is 91.6 Å². The third-order valence-electron chi connectivity index (χ3n) is 10.8. The monoisotopic (exact) mass is 710 g/mol. The molecule has 13 heteroatoms. The first-order valence-corrected chi connectivity index (χ1v) is 19.6. The minimum Gasteiger partial charge on any atom is -0.370 e. The fraction of sp³-hybridized carbons (Fsp3) is 0.611. The van der Waals surface area contributed by atoms with Crippen LogP contribution in [0.15, 0.2) is 36.0 Å². The first-order chi connectivity index (χ1) is 23.9. The Labute approximate surface area is 295 Å². The van der Waals surface area contributed by atoms with E-state index >= 15 is 0 Å². The number of rotatable bonds is 10. The molecule has 0 aromatic carbocycles. The molecular weight excluding hydrogens is 664 g/mol. The third-order valence-corrected chi connectivity index (χ3v) is 13.1. The van der Waals surface area contributed by atoms with E-state index in [-0.39, 0.29) is 36.0 Å². The van der Waals surface area contributed by atoms with Crippen molar-refractivity contribution in [3.05, 3.63) is 57.1 Å². The highest BCUT2D eigenvalue weighted by atomic mass is 32.1. The highest BCUT2D eigenvalue weighted by molar-refractivity contribution is 7.15. The molecule has 2 amide bonds. The number of hydrogen-bond donors (Lipinski definition) is 2. The normalized spacial score (nSPS) is 22.8. The molecule has 49 heavy (non-hydrogen) atoms. The maximum atomic E-state index is 14.4. The van der Waals surface area contributed by atoms with Crippen molar-refractivity contribution in [3.63, 3.8) is 0 Å². The number of carbonyl (C=O) groups is 2. The summed E-state index contributed by atoms with van der Waals surface area (Å²) in [5, 5.41) is 7.96. The Balaban J connectivity index is 0.999. The first kappa shape index (κ1) is 34.6. The summed E-state index contributed by atoms with van der Waals surface area (Å²) in [6.07, 6.45) is 14.1. The summed E-state index contributed by atoms with van der Waals surface area (Å²) >= 11 is 3.30. The lowest BCUT2D eigenvalue weighted by atomic mass is 9.82. The number of thiazole rings is 1. The van der Waals surface area contributed by atoms with Crippen LogP contribution in [0.5, 0.6) is 0 Å². The molecule has 2 saturated heterocycles. The number of ether oxygens (including phenoxy) is 1. The van der Waals surface area contributed by atoms with Gasteiger partial charge in [0.25, 0.3) is 0 Å². The van der Waals surface area contributed by atoms with Crippen molar-refractivity contribution in [3.8, 4) is 10.4 Å². The number of piperidine rings is 2. The van der Waals surface area contributed by atoms with E-state index in [9.17, 15) is 14.1 Å². The zero-order chi connectivity index (χ0) is 33.8. The highest BCUT2D eigenvalue weighted by Crippen LogP contribution is 2.46. The third kappa shape index (κ3) is 7.62.